The van der Waals surface area contributed by atoms with E-state index in [-0.39, 0.29) is 36.7 Å². The Bertz CT molecular complexity index is 456. The summed E-state index contributed by atoms with van der Waals surface area (Å²) in [6.07, 6.45) is 3.32. The van der Waals surface area contributed by atoms with Gasteiger partial charge in [0.15, 0.2) is 0 Å². The first-order valence-corrected chi connectivity index (χ1v) is 6.56. The van der Waals surface area contributed by atoms with Crippen LogP contribution in [0.25, 0.3) is 0 Å². The van der Waals surface area contributed by atoms with Crippen LogP contribution in [0.1, 0.15) is 24.8 Å². The Morgan fingerprint density at radius 1 is 1.25 bits per heavy atom. The average molecular weight is 298 g/mol. The monoisotopic (exact) mass is 297 g/mol. The van der Waals surface area contributed by atoms with Crippen molar-refractivity contribution in [3.8, 4) is 0 Å². The van der Waals surface area contributed by atoms with Crippen LogP contribution in [0.15, 0.2) is 24.3 Å². The van der Waals surface area contributed by atoms with Gasteiger partial charge in [0.05, 0.1) is 12.5 Å². The molecule has 2 rings (SSSR count). The molecule has 1 saturated heterocycles. The van der Waals surface area contributed by atoms with E-state index >= 15 is 0 Å². The average Bonchev–Trinajstić information content (AvgIpc) is 2.41. The maximum atomic E-state index is 12.0. The molecule has 1 heterocycles. The molecule has 1 aromatic rings. The smallest absolute Gasteiger partial charge is 0.241 e. The Labute approximate surface area is 124 Å². The third-order valence-corrected chi connectivity index (χ3v) is 3.23. The van der Waals surface area contributed by atoms with Gasteiger partial charge >= 0.3 is 0 Å². The van der Waals surface area contributed by atoms with Crippen molar-refractivity contribution in [2.45, 2.75) is 31.7 Å². The fraction of sp³-hybridized carbons (Fsp3) is 0.429. The van der Waals surface area contributed by atoms with Crippen molar-refractivity contribution in [3.63, 3.8) is 0 Å². The van der Waals surface area contributed by atoms with Gasteiger partial charge in [-0.3, -0.25) is 9.59 Å². The standard InChI is InChI=1S/C14H19N3O2.ClH/c15-13(18)9-10-4-6-11(7-5-10)17-14(19)12-3-1-2-8-16-12;/h4-7,12,16H,1-3,8-9H2,(H2,15,18)(H,17,19);1H/t12-;/m0./s1. The summed E-state index contributed by atoms with van der Waals surface area (Å²) in [5, 5.41) is 6.08. The van der Waals surface area contributed by atoms with Crippen molar-refractivity contribution < 1.29 is 9.59 Å². The SMILES string of the molecule is Cl.NC(=O)Cc1ccc(NC(=O)[C@@H]2CCCCN2)cc1. The second-order valence-electron chi connectivity index (χ2n) is 4.83. The topological polar surface area (TPSA) is 84.2 Å². The lowest BCUT2D eigenvalue weighted by atomic mass is 10.0. The summed E-state index contributed by atoms with van der Waals surface area (Å²) >= 11 is 0. The number of anilines is 1. The lowest BCUT2D eigenvalue weighted by Crippen LogP contribution is -2.43. The van der Waals surface area contributed by atoms with Crippen molar-refractivity contribution in [1.82, 2.24) is 5.32 Å². The summed E-state index contributed by atoms with van der Waals surface area (Å²) in [7, 11) is 0. The molecule has 20 heavy (non-hydrogen) atoms. The van der Waals surface area contributed by atoms with Gasteiger partial charge in [0.25, 0.3) is 0 Å². The third-order valence-electron chi connectivity index (χ3n) is 3.23. The van der Waals surface area contributed by atoms with Crippen LogP contribution in [-0.4, -0.2) is 24.4 Å². The lowest BCUT2D eigenvalue weighted by molar-refractivity contribution is -0.119. The van der Waals surface area contributed by atoms with Gasteiger partial charge in [0, 0.05) is 5.69 Å². The highest BCUT2D eigenvalue weighted by Crippen LogP contribution is 2.13. The minimum atomic E-state index is -0.358. The predicted octanol–water partition coefficient (Wildman–Crippen LogP) is 1.22. The van der Waals surface area contributed by atoms with E-state index in [0.29, 0.717) is 0 Å². The summed E-state index contributed by atoms with van der Waals surface area (Å²) in [5.41, 5.74) is 6.71. The van der Waals surface area contributed by atoms with Crippen LogP contribution in [0.2, 0.25) is 0 Å². The summed E-state index contributed by atoms with van der Waals surface area (Å²) in [4.78, 5) is 22.8. The van der Waals surface area contributed by atoms with Gasteiger partial charge in [0.1, 0.15) is 0 Å². The number of hydrogen-bond donors (Lipinski definition) is 3. The van der Waals surface area contributed by atoms with Gasteiger partial charge in [0.2, 0.25) is 11.8 Å². The van der Waals surface area contributed by atoms with Gasteiger partial charge in [-0.25, -0.2) is 0 Å². The molecular formula is C14H20ClN3O2. The molecule has 1 aromatic carbocycles. The Kier molecular flexibility index (Phi) is 6.48. The fourth-order valence-electron chi connectivity index (χ4n) is 2.21. The van der Waals surface area contributed by atoms with E-state index in [0.717, 1.165) is 37.1 Å². The predicted molar refractivity (Wildman–Crippen MR) is 80.9 cm³/mol. The van der Waals surface area contributed by atoms with Crippen molar-refractivity contribution in [2.75, 3.05) is 11.9 Å². The van der Waals surface area contributed by atoms with E-state index in [2.05, 4.69) is 10.6 Å². The molecule has 0 aromatic heterocycles. The molecule has 6 heteroatoms. The first-order valence-electron chi connectivity index (χ1n) is 6.56. The largest absolute Gasteiger partial charge is 0.369 e. The Balaban J connectivity index is 0.00000200. The van der Waals surface area contributed by atoms with E-state index in [9.17, 15) is 9.59 Å². The number of nitrogens with one attached hydrogen (secondary N) is 2. The van der Waals surface area contributed by atoms with Crippen LogP contribution in [0.5, 0.6) is 0 Å². The number of halogens is 1. The van der Waals surface area contributed by atoms with Crippen LogP contribution < -0.4 is 16.4 Å². The highest BCUT2D eigenvalue weighted by molar-refractivity contribution is 5.94. The molecule has 0 unspecified atom stereocenters. The molecule has 0 radical (unpaired) electrons. The molecule has 0 spiro atoms. The molecule has 1 aliphatic rings. The molecule has 1 atom stereocenters. The number of carbonyl (C=O) groups is 2. The van der Waals surface area contributed by atoms with Crippen LogP contribution in [0, 0.1) is 0 Å². The van der Waals surface area contributed by atoms with E-state index in [1.807, 2.05) is 0 Å². The molecule has 0 bridgehead atoms. The van der Waals surface area contributed by atoms with Crippen molar-refractivity contribution in [3.05, 3.63) is 29.8 Å². The fourth-order valence-corrected chi connectivity index (χ4v) is 2.21. The minimum Gasteiger partial charge on any atom is -0.369 e. The van der Waals surface area contributed by atoms with Crippen LogP contribution in [0.4, 0.5) is 5.69 Å². The molecular weight excluding hydrogens is 278 g/mol. The van der Waals surface area contributed by atoms with Gasteiger partial charge in [-0.15, -0.1) is 12.4 Å². The number of benzene rings is 1. The van der Waals surface area contributed by atoms with Crippen LogP contribution in [0.3, 0.4) is 0 Å². The summed E-state index contributed by atoms with van der Waals surface area (Å²) < 4.78 is 0. The molecule has 5 nitrogen and oxygen atoms in total. The highest BCUT2D eigenvalue weighted by atomic mass is 35.5. The van der Waals surface area contributed by atoms with Crippen LogP contribution >= 0.6 is 12.4 Å². The second-order valence-corrected chi connectivity index (χ2v) is 4.83. The summed E-state index contributed by atoms with van der Waals surface area (Å²) in [5.74, 6) is -0.356. The Morgan fingerprint density at radius 3 is 2.50 bits per heavy atom. The molecule has 1 fully saturated rings. The lowest BCUT2D eigenvalue weighted by Gasteiger charge is -2.22. The molecule has 2 amide bonds. The quantitative estimate of drug-likeness (QED) is 0.781. The van der Waals surface area contributed by atoms with Crippen molar-refractivity contribution >= 4 is 29.9 Å². The summed E-state index contributed by atoms with van der Waals surface area (Å²) in [6, 6.07) is 7.08. The number of primary amides is 1. The zero-order valence-corrected chi connectivity index (χ0v) is 12.0. The number of hydrogen-bond acceptors (Lipinski definition) is 3. The first-order chi connectivity index (χ1) is 9.15. The number of piperidine rings is 1. The molecule has 4 N–H and O–H groups in total. The molecule has 110 valence electrons. The first kappa shape index (κ1) is 16.5. The minimum absolute atomic E-state index is 0. The van der Waals surface area contributed by atoms with Crippen molar-refractivity contribution in [1.29, 1.82) is 0 Å². The number of nitrogens with two attached hydrogens (primary N) is 1. The molecule has 0 aliphatic carbocycles. The van der Waals surface area contributed by atoms with Gasteiger partial charge in [-0.05, 0) is 37.1 Å². The zero-order chi connectivity index (χ0) is 13.7. The number of amides is 2. The van der Waals surface area contributed by atoms with E-state index < -0.39 is 0 Å². The van der Waals surface area contributed by atoms with E-state index in [1.54, 1.807) is 24.3 Å². The molecule has 1 aliphatic heterocycles. The zero-order valence-electron chi connectivity index (χ0n) is 11.2. The second kappa shape index (κ2) is 7.87. The van der Waals surface area contributed by atoms with Crippen molar-refractivity contribution in [2.24, 2.45) is 5.73 Å². The van der Waals surface area contributed by atoms with Crippen LogP contribution in [-0.2, 0) is 16.0 Å². The Hall–Kier alpha value is -1.59. The van der Waals surface area contributed by atoms with Gasteiger partial charge < -0.3 is 16.4 Å². The van der Waals surface area contributed by atoms with Gasteiger partial charge in [-0.2, -0.15) is 0 Å². The maximum absolute atomic E-state index is 12.0. The van der Waals surface area contributed by atoms with E-state index in [4.69, 9.17) is 5.73 Å². The number of carbonyl (C=O) groups excluding carboxylic acids is 2. The Morgan fingerprint density at radius 2 is 1.95 bits per heavy atom. The van der Waals surface area contributed by atoms with E-state index in [1.165, 1.54) is 0 Å². The third kappa shape index (κ3) is 4.83. The number of rotatable bonds is 4. The summed E-state index contributed by atoms with van der Waals surface area (Å²) in [6.45, 7) is 0.898. The maximum Gasteiger partial charge on any atom is 0.241 e. The molecule has 0 saturated carbocycles. The van der Waals surface area contributed by atoms with Gasteiger partial charge in [-0.1, -0.05) is 18.6 Å². The highest BCUT2D eigenvalue weighted by Gasteiger charge is 2.20. The normalized spacial score (nSPS) is 17.9.